The van der Waals surface area contributed by atoms with Crippen molar-refractivity contribution in [2.24, 2.45) is 5.73 Å². The molecule has 1 saturated heterocycles. The van der Waals surface area contributed by atoms with Gasteiger partial charge in [0.25, 0.3) is 0 Å². The SMILES string of the molecule is CC(CCN)N1C(=O)CC(C)(c2ccccc2)C1=O. The van der Waals surface area contributed by atoms with E-state index in [1.54, 1.807) is 0 Å². The van der Waals surface area contributed by atoms with Crippen LogP contribution in [0.4, 0.5) is 0 Å². The van der Waals surface area contributed by atoms with Crippen molar-refractivity contribution in [1.29, 1.82) is 0 Å². The highest BCUT2D eigenvalue weighted by molar-refractivity contribution is 6.09. The molecule has 19 heavy (non-hydrogen) atoms. The average molecular weight is 260 g/mol. The molecule has 0 saturated carbocycles. The van der Waals surface area contributed by atoms with Crippen molar-refractivity contribution in [3.05, 3.63) is 35.9 Å². The number of nitrogens with two attached hydrogens (primary N) is 1. The predicted octanol–water partition coefficient (Wildman–Crippen LogP) is 1.44. The van der Waals surface area contributed by atoms with Gasteiger partial charge in [-0.25, -0.2) is 0 Å². The van der Waals surface area contributed by atoms with Gasteiger partial charge < -0.3 is 5.73 Å². The Morgan fingerprint density at radius 1 is 1.32 bits per heavy atom. The van der Waals surface area contributed by atoms with E-state index in [9.17, 15) is 9.59 Å². The zero-order valence-corrected chi connectivity index (χ0v) is 11.4. The number of amides is 2. The Morgan fingerprint density at radius 3 is 2.53 bits per heavy atom. The molecule has 0 aliphatic carbocycles. The first-order chi connectivity index (χ1) is 9.00. The molecule has 0 radical (unpaired) electrons. The molecule has 2 atom stereocenters. The minimum atomic E-state index is -0.735. The number of benzene rings is 1. The Labute approximate surface area is 113 Å². The molecule has 4 heteroatoms. The van der Waals surface area contributed by atoms with Crippen LogP contribution in [0, 0.1) is 0 Å². The number of carbonyl (C=O) groups excluding carboxylic acids is 2. The van der Waals surface area contributed by atoms with Crippen LogP contribution in [0.15, 0.2) is 30.3 Å². The number of rotatable bonds is 4. The molecule has 1 heterocycles. The molecule has 4 nitrogen and oxygen atoms in total. The largest absolute Gasteiger partial charge is 0.330 e. The van der Waals surface area contributed by atoms with E-state index in [2.05, 4.69) is 0 Å². The lowest BCUT2D eigenvalue weighted by Gasteiger charge is -2.26. The number of imide groups is 1. The fourth-order valence-electron chi connectivity index (χ4n) is 2.69. The van der Waals surface area contributed by atoms with E-state index in [4.69, 9.17) is 5.73 Å². The molecule has 2 rings (SSSR count). The Bertz CT molecular complexity index is 486. The number of nitrogens with zero attached hydrogens (tertiary/aromatic N) is 1. The molecule has 1 aliphatic heterocycles. The summed E-state index contributed by atoms with van der Waals surface area (Å²) in [5, 5.41) is 0. The molecular formula is C15H20N2O2. The van der Waals surface area contributed by atoms with Gasteiger partial charge in [0.05, 0.1) is 5.41 Å². The summed E-state index contributed by atoms with van der Waals surface area (Å²) in [7, 11) is 0. The summed E-state index contributed by atoms with van der Waals surface area (Å²) in [5.74, 6) is -0.207. The van der Waals surface area contributed by atoms with Gasteiger partial charge in [-0.05, 0) is 32.4 Å². The van der Waals surface area contributed by atoms with Gasteiger partial charge in [0.1, 0.15) is 0 Å². The van der Waals surface area contributed by atoms with Crippen molar-refractivity contribution in [3.63, 3.8) is 0 Å². The lowest BCUT2D eigenvalue weighted by atomic mass is 9.81. The van der Waals surface area contributed by atoms with Crippen LogP contribution in [0.3, 0.4) is 0 Å². The van der Waals surface area contributed by atoms with Crippen molar-refractivity contribution in [2.45, 2.75) is 38.1 Å². The van der Waals surface area contributed by atoms with Gasteiger partial charge in [-0.1, -0.05) is 30.3 Å². The first kappa shape index (κ1) is 13.7. The van der Waals surface area contributed by atoms with Crippen LogP contribution in [0.5, 0.6) is 0 Å². The van der Waals surface area contributed by atoms with E-state index in [0.717, 1.165) is 5.56 Å². The molecule has 102 valence electrons. The van der Waals surface area contributed by atoms with Crippen molar-refractivity contribution in [2.75, 3.05) is 6.54 Å². The summed E-state index contributed by atoms with van der Waals surface area (Å²) in [6, 6.07) is 9.37. The molecular weight excluding hydrogens is 240 g/mol. The highest BCUT2D eigenvalue weighted by Gasteiger charge is 2.50. The summed E-state index contributed by atoms with van der Waals surface area (Å²) < 4.78 is 0. The summed E-state index contributed by atoms with van der Waals surface area (Å²) >= 11 is 0. The van der Waals surface area contributed by atoms with Gasteiger partial charge in [-0.2, -0.15) is 0 Å². The van der Waals surface area contributed by atoms with Crippen LogP contribution in [0.1, 0.15) is 32.3 Å². The highest BCUT2D eigenvalue weighted by atomic mass is 16.2. The summed E-state index contributed by atoms with van der Waals surface area (Å²) in [4.78, 5) is 26.2. The second-order valence-corrected chi connectivity index (χ2v) is 5.37. The van der Waals surface area contributed by atoms with Gasteiger partial charge >= 0.3 is 0 Å². The normalized spacial score (nSPS) is 24.9. The molecule has 0 bridgehead atoms. The number of hydrogen-bond donors (Lipinski definition) is 1. The van der Waals surface area contributed by atoms with E-state index < -0.39 is 5.41 Å². The summed E-state index contributed by atoms with van der Waals surface area (Å²) in [5.41, 5.74) is 5.68. The van der Waals surface area contributed by atoms with Gasteiger partial charge in [0.2, 0.25) is 11.8 Å². The Hall–Kier alpha value is -1.68. The molecule has 0 aromatic heterocycles. The molecule has 1 fully saturated rings. The van der Waals surface area contributed by atoms with E-state index >= 15 is 0 Å². The highest BCUT2D eigenvalue weighted by Crippen LogP contribution is 2.37. The fraction of sp³-hybridized carbons (Fsp3) is 0.467. The first-order valence-electron chi connectivity index (χ1n) is 6.63. The third-order valence-corrected chi connectivity index (χ3v) is 3.90. The van der Waals surface area contributed by atoms with Gasteiger partial charge in [-0.3, -0.25) is 14.5 Å². The van der Waals surface area contributed by atoms with E-state index in [1.807, 2.05) is 44.2 Å². The molecule has 2 amide bonds. The molecule has 1 aromatic rings. The van der Waals surface area contributed by atoms with Gasteiger partial charge in [0.15, 0.2) is 0 Å². The lowest BCUT2D eigenvalue weighted by molar-refractivity contribution is -0.142. The van der Waals surface area contributed by atoms with E-state index in [-0.39, 0.29) is 24.3 Å². The van der Waals surface area contributed by atoms with Crippen LogP contribution in [-0.2, 0) is 15.0 Å². The second kappa shape index (κ2) is 5.13. The maximum absolute atomic E-state index is 12.6. The third kappa shape index (κ3) is 2.28. The Morgan fingerprint density at radius 2 is 1.95 bits per heavy atom. The van der Waals surface area contributed by atoms with Crippen LogP contribution < -0.4 is 5.73 Å². The zero-order chi connectivity index (χ0) is 14.0. The van der Waals surface area contributed by atoms with E-state index in [1.165, 1.54) is 4.90 Å². The molecule has 2 N–H and O–H groups in total. The maximum Gasteiger partial charge on any atom is 0.240 e. The number of carbonyl (C=O) groups is 2. The Balaban J connectivity index is 2.32. The standard InChI is InChI=1S/C15H20N2O2/c1-11(8-9-16)17-13(18)10-15(2,14(17)19)12-6-4-3-5-7-12/h3-7,11H,8-10,16H2,1-2H3. The van der Waals surface area contributed by atoms with Gasteiger partial charge in [0, 0.05) is 12.5 Å². The van der Waals surface area contributed by atoms with Crippen molar-refractivity contribution < 1.29 is 9.59 Å². The summed E-state index contributed by atoms with van der Waals surface area (Å²) in [6.45, 7) is 4.19. The smallest absolute Gasteiger partial charge is 0.240 e. The van der Waals surface area contributed by atoms with Crippen LogP contribution in [0.2, 0.25) is 0 Å². The summed E-state index contributed by atoms with van der Waals surface area (Å²) in [6.07, 6.45) is 0.882. The average Bonchev–Trinajstić information content (AvgIpc) is 2.62. The maximum atomic E-state index is 12.6. The van der Waals surface area contributed by atoms with E-state index in [0.29, 0.717) is 13.0 Å². The quantitative estimate of drug-likeness (QED) is 0.833. The third-order valence-electron chi connectivity index (χ3n) is 3.90. The van der Waals surface area contributed by atoms with Crippen LogP contribution in [0.25, 0.3) is 0 Å². The minimum absolute atomic E-state index is 0.0997. The molecule has 1 aliphatic rings. The fourth-order valence-corrected chi connectivity index (χ4v) is 2.69. The Kier molecular flexibility index (Phi) is 3.71. The molecule has 2 unspecified atom stereocenters. The molecule has 0 spiro atoms. The van der Waals surface area contributed by atoms with Gasteiger partial charge in [-0.15, -0.1) is 0 Å². The predicted molar refractivity (Wildman–Crippen MR) is 73.4 cm³/mol. The second-order valence-electron chi connectivity index (χ2n) is 5.37. The topological polar surface area (TPSA) is 63.4 Å². The zero-order valence-electron chi connectivity index (χ0n) is 11.4. The number of hydrogen-bond acceptors (Lipinski definition) is 3. The first-order valence-corrected chi connectivity index (χ1v) is 6.63. The molecule has 1 aromatic carbocycles. The lowest BCUT2D eigenvalue weighted by Crippen LogP contribution is -2.42. The number of likely N-dealkylation sites (tertiary alicyclic amines) is 1. The van der Waals surface area contributed by atoms with Crippen molar-refractivity contribution in [1.82, 2.24) is 4.90 Å². The van der Waals surface area contributed by atoms with Crippen LogP contribution >= 0.6 is 0 Å². The monoisotopic (exact) mass is 260 g/mol. The van der Waals surface area contributed by atoms with Crippen molar-refractivity contribution >= 4 is 11.8 Å². The van der Waals surface area contributed by atoms with Crippen molar-refractivity contribution in [3.8, 4) is 0 Å². The minimum Gasteiger partial charge on any atom is -0.330 e. The van der Waals surface area contributed by atoms with Crippen LogP contribution in [-0.4, -0.2) is 29.3 Å².